The Labute approximate surface area is 111 Å². The summed E-state index contributed by atoms with van der Waals surface area (Å²) in [5.41, 5.74) is 5.77. The van der Waals surface area contributed by atoms with E-state index in [9.17, 15) is 9.90 Å². The first-order valence-corrected chi connectivity index (χ1v) is 6.24. The molecule has 1 fully saturated rings. The van der Waals surface area contributed by atoms with Crippen LogP contribution in [0.2, 0.25) is 0 Å². The fourth-order valence-electron chi connectivity index (χ4n) is 1.91. The van der Waals surface area contributed by atoms with E-state index < -0.39 is 0 Å². The molecule has 1 saturated heterocycles. The number of phenolic OH excluding ortho intramolecular Hbond substituents is 1. The number of nitrogens with one attached hydrogen (secondary N) is 1. The predicted octanol–water partition coefficient (Wildman–Crippen LogP) is 0.648. The van der Waals surface area contributed by atoms with Crippen molar-refractivity contribution in [3.8, 4) is 11.5 Å². The zero-order valence-electron chi connectivity index (χ0n) is 10.6. The molecule has 0 bridgehead atoms. The van der Waals surface area contributed by atoms with Crippen LogP contribution < -0.4 is 15.8 Å². The number of para-hydroxylation sites is 1. The Balaban J connectivity index is 1.81. The van der Waals surface area contributed by atoms with Gasteiger partial charge in [0.2, 0.25) is 0 Å². The normalized spacial score (nSPS) is 16.0. The van der Waals surface area contributed by atoms with Crippen LogP contribution in [0.25, 0.3) is 0 Å². The van der Waals surface area contributed by atoms with Crippen LogP contribution in [0, 0.1) is 0 Å². The maximum atomic E-state index is 11.7. The molecule has 104 valence electrons. The second-order valence-corrected chi connectivity index (χ2v) is 4.43. The third-order valence-electron chi connectivity index (χ3n) is 2.99. The monoisotopic (exact) mass is 266 g/mol. The van der Waals surface area contributed by atoms with Crippen molar-refractivity contribution in [2.24, 2.45) is 0 Å². The second kappa shape index (κ2) is 6.29. The molecular weight excluding hydrogens is 248 g/mol. The van der Waals surface area contributed by atoms with Crippen LogP contribution in [0.3, 0.4) is 0 Å². The minimum Gasteiger partial charge on any atom is -0.506 e. The molecule has 0 spiro atoms. The molecule has 1 aromatic rings. The van der Waals surface area contributed by atoms with Crippen molar-refractivity contribution in [3.05, 3.63) is 18.2 Å². The van der Waals surface area contributed by atoms with Crippen molar-refractivity contribution in [2.45, 2.75) is 18.9 Å². The number of nitrogens with two attached hydrogens (primary N) is 1. The number of nitrogen functional groups attached to an aromatic ring is 1. The minimum atomic E-state index is -0.199. The van der Waals surface area contributed by atoms with Gasteiger partial charge < -0.3 is 25.6 Å². The Morgan fingerprint density at radius 2 is 2.21 bits per heavy atom. The van der Waals surface area contributed by atoms with Gasteiger partial charge in [-0.15, -0.1) is 0 Å². The van der Waals surface area contributed by atoms with E-state index in [1.165, 1.54) is 6.07 Å². The van der Waals surface area contributed by atoms with Crippen LogP contribution in [0.15, 0.2) is 18.2 Å². The second-order valence-electron chi connectivity index (χ2n) is 4.43. The molecule has 1 amide bonds. The van der Waals surface area contributed by atoms with Gasteiger partial charge in [0.1, 0.15) is 17.2 Å². The maximum absolute atomic E-state index is 11.7. The third-order valence-corrected chi connectivity index (χ3v) is 2.99. The van der Waals surface area contributed by atoms with Crippen molar-refractivity contribution in [1.29, 1.82) is 0 Å². The summed E-state index contributed by atoms with van der Waals surface area (Å²) in [6, 6.07) is 4.82. The summed E-state index contributed by atoms with van der Waals surface area (Å²) in [5.74, 6) is 0.0547. The van der Waals surface area contributed by atoms with Gasteiger partial charge in [-0.05, 0) is 25.0 Å². The lowest BCUT2D eigenvalue weighted by Gasteiger charge is -2.23. The zero-order chi connectivity index (χ0) is 13.7. The summed E-state index contributed by atoms with van der Waals surface area (Å²) in [6.45, 7) is 1.22. The van der Waals surface area contributed by atoms with Crippen LogP contribution in [0.4, 0.5) is 5.69 Å². The van der Waals surface area contributed by atoms with Crippen molar-refractivity contribution in [2.75, 3.05) is 25.6 Å². The van der Waals surface area contributed by atoms with Crippen molar-refractivity contribution in [1.82, 2.24) is 5.32 Å². The first-order valence-electron chi connectivity index (χ1n) is 6.24. The first kappa shape index (κ1) is 13.5. The molecule has 0 atom stereocenters. The first-order chi connectivity index (χ1) is 9.16. The highest BCUT2D eigenvalue weighted by Gasteiger charge is 2.16. The minimum absolute atomic E-state index is 0.0534. The molecule has 1 aromatic carbocycles. The van der Waals surface area contributed by atoms with Gasteiger partial charge in [-0.3, -0.25) is 4.79 Å². The lowest BCUT2D eigenvalue weighted by atomic mass is 10.1. The Morgan fingerprint density at radius 3 is 2.95 bits per heavy atom. The Kier molecular flexibility index (Phi) is 4.46. The van der Waals surface area contributed by atoms with E-state index in [1.807, 2.05) is 0 Å². The summed E-state index contributed by atoms with van der Waals surface area (Å²) < 4.78 is 10.5. The molecule has 0 aliphatic carbocycles. The van der Waals surface area contributed by atoms with Gasteiger partial charge in [-0.1, -0.05) is 6.07 Å². The number of hydrogen-bond donors (Lipinski definition) is 3. The van der Waals surface area contributed by atoms with Crippen molar-refractivity contribution >= 4 is 11.6 Å². The molecule has 1 heterocycles. The van der Waals surface area contributed by atoms with Crippen LogP contribution in [0.5, 0.6) is 11.5 Å². The zero-order valence-corrected chi connectivity index (χ0v) is 10.6. The van der Waals surface area contributed by atoms with Gasteiger partial charge >= 0.3 is 0 Å². The Hall–Kier alpha value is -1.95. The third kappa shape index (κ3) is 3.75. The summed E-state index contributed by atoms with van der Waals surface area (Å²) in [6.07, 6.45) is 1.64. The molecule has 0 aromatic heterocycles. The summed E-state index contributed by atoms with van der Waals surface area (Å²) in [5, 5.41) is 12.3. The fourth-order valence-corrected chi connectivity index (χ4v) is 1.91. The number of benzene rings is 1. The molecule has 0 unspecified atom stereocenters. The van der Waals surface area contributed by atoms with E-state index in [0.717, 1.165) is 12.8 Å². The van der Waals surface area contributed by atoms with Crippen LogP contribution in [-0.4, -0.2) is 36.9 Å². The fraction of sp³-hybridized carbons (Fsp3) is 0.462. The largest absolute Gasteiger partial charge is 0.506 e. The van der Waals surface area contributed by atoms with E-state index in [1.54, 1.807) is 12.1 Å². The molecule has 19 heavy (non-hydrogen) atoms. The highest BCUT2D eigenvalue weighted by molar-refractivity contribution is 5.78. The molecule has 0 radical (unpaired) electrons. The van der Waals surface area contributed by atoms with E-state index in [2.05, 4.69) is 5.32 Å². The van der Waals surface area contributed by atoms with Gasteiger partial charge in [0.25, 0.3) is 5.91 Å². The SMILES string of the molecule is Nc1c(O)cccc1OCC(=O)NC1CCOCC1. The van der Waals surface area contributed by atoms with Gasteiger partial charge in [0.05, 0.1) is 0 Å². The number of hydrogen-bond acceptors (Lipinski definition) is 5. The van der Waals surface area contributed by atoms with Gasteiger partial charge in [0, 0.05) is 19.3 Å². The quantitative estimate of drug-likeness (QED) is 0.549. The maximum Gasteiger partial charge on any atom is 0.258 e. The highest BCUT2D eigenvalue weighted by atomic mass is 16.5. The molecule has 2 rings (SSSR count). The van der Waals surface area contributed by atoms with Crippen LogP contribution in [0.1, 0.15) is 12.8 Å². The number of phenols is 1. The average Bonchev–Trinajstić information content (AvgIpc) is 2.42. The van der Waals surface area contributed by atoms with Gasteiger partial charge in [-0.2, -0.15) is 0 Å². The topological polar surface area (TPSA) is 93.8 Å². The van der Waals surface area contributed by atoms with E-state index in [-0.39, 0.29) is 30.0 Å². The van der Waals surface area contributed by atoms with E-state index >= 15 is 0 Å². The average molecular weight is 266 g/mol. The summed E-state index contributed by atoms with van der Waals surface area (Å²) in [7, 11) is 0. The number of ether oxygens (including phenoxy) is 2. The summed E-state index contributed by atoms with van der Waals surface area (Å²) >= 11 is 0. The van der Waals surface area contributed by atoms with Crippen molar-refractivity contribution < 1.29 is 19.4 Å². The molecule has 1 aliphatic rings. The molecule has 0 saturated carbocycles. The Morgan fingerprint density at radius 1 is 1.47 bits per heavy atom. The molecular formula is C13H18N2O4. The lowest BCUT2D eigenvalue weighted by Crippen LogP contribution is -2.41. The molecule has 1 aliphatic heterocycles. The van der Waals surface area contributed by atoms with Gasteiger partial charge in [-0.25, -0.2) is 0 Å². The Bertz CT molecular complexity index is 444. The standard InChI is InChI=1S/C13H18N2O4/c14-13-10(16)2-1-3-11(13)19-8-12(17)15-9-4-6-18-7-5-9/h1-3,9,16H,4-8,14H2,(H,15,17). The number of carbonyl (C=O) groups excluding carboxylic acids is 1. The molecule has 6 nitrogen and oxygen atoms in total. The number of anilines is 1. The highest BCUT2D eigenvalue weighted by Crippen LogP contribution is 2.29. The predicted molar refractivity (Wildman–Crippen MR) is 70.0 cm³/mol. The van der Waals surface area contributed by atoms with E-state index in [4.69, 9.17) is 15.2 Å². The lowest BCUT2D eigenvalue weighted by molar-refractivity contribution is -0.124. The number of aromatic hydroxyl groups is 1. The van der Waals surface area contributed by atoms with Gasteiger partial charge in [0.15, 0.2) is 6.61 Å². The number of carbonyl (C=O) groups is 1. The van der Waals surface area contributed by atoms with Crippen molar-refractivity contribution in [3.63, 3.8) is 0 Å². The number of amides is 1. The smallest absolute Gasteiger partial charge is 0.258 e. The number of rotatable bonds is 4. The molecule has 4 N–H and O–H groups in total. The van der Waals surface area contributed by atoms with Crippen LogP contribution >= 0.6 is 0 Å². The van der Waals surface area contributed by atoms with E-state index in [0.29, 0.717) is 19.0 Å². The molecule has 6 heteroatoms. The summed E-state index contributed by atoms with van der Waals surface area (Å²) in [4.78, 5) is 11.7. The van der Waals surface area contributed by atoms with Crippen LogP contribution in [-0.2, 0) is 9.53 Å².